The standard InChI is InChI=1S/C11H11FNOSi/c1-13-10(14)11(2-3-11)7-4-8(12)6-9(15)5-7/h4-6H,2-3H2,1H3,(H,13,14). The highest BCUT2D eigenvalue weighted by atomic mass is 28.1. The quantitative estimate of drug-likeness (QED) is 0.718. The van der Waals surface area contributed by atoms with Gasteiger partial charge in [-0.15, -0.1) is 0 Å². The highest BCUT2D eigenvalue weighted by molar-refractivity contribution is 6.32. The highest BCUT2D eigenvalue weighted by Gasteiger charge is 2.50. The average Bonchev–Trinajstić information content (AvgIpc) is 2.96. The van der Waals surface area contributed by atoms with Gasteiger partial charge in [-0.25, -0.2) is 4.39 Å². The molecule has 3 radical (unpaired) electrons. The van der Waals surface area contributed by atoms with Crippen LogP contribution in [0.15, 0.2) is 18.2 Å². The minimum absolute atomic E-state index is 0.0285. The molecule has 0 aliphatic heterocycles. The number of carbonyl (C=O) groups is 1. The van der Waals surface area contributed by atoms with Gasteiger partial charge < -0.3 is 5.32 Å². The number of rotatable bonds is 2. The number of hydrogen-bond acceptors (Lipinski definition) is 1. The number of benzene rings is 1. The van der Waals surface area contributed by atoms with Crippen LogP contribution in [0.25, 0.3) is 0 Å². The minimum atomic E-state index is -0.488. The van der Waals surface area contributed by atoms with Gasteiger partial charge >= 0.3 is 0 Å². The SMILES string of the molecule is CNC(=O)C1(c2cc(F)cc([Si])c2)CC1. The van der Waals surface area contributed by atoms with Crippen molar-refractivity contribution in [3.05, 3.63) is 29.6 Å². The molecule has 2 rings (SSSR count). The van der Waals surface area contributed by atoms with E-state index in [1.54, 1.807) is 7.05 Å². The molecule has 0 aromatic heterocycles. The van der Waals surface area contributed by atoms with Gasteiger partial charge in [0.25, 0.3) is 0 Å². The summed E-state index contributed by atoms with van der Waals surface area (Å²) in [6.45, 7) is 0. The summed E-state index contributed by atoms with van der Waals surface area (Å²) in [5, 5.41) is 3.29. The first-order valence-electron chi connectivity index (χ1n) is 4.83. The fourth-order valence-electron chi connectivity index (χ4n) is 1.88. The Balaban J connectivity index is 2.41. The van der Waals surface area contributed by atoms with Crippen molar-refractivity contribution in [3.8, 4) is 0 Å². The topological polar surface area (TPSA) is 29.1 Å². The van der Waals surface area contributed by atoms with Gasteiger partial charge in [0, 0.05) is 7.05 Å². The zero-order valence-electron chi connectivity index (χ0n) is 8.43. The molecule has 77 valence electrons. The van der Waals surface area contributed by atoms with Crippen LogP contribution in [0.5, 0.6) is 0 Å². The van der Waals surface area contributed by atoms with Crippen LogP contribution in [0.4, 0.5) is 4.39 Å². The minimum Gasteiger partial charge on any atom is -0.358 e. The summed E-state index contributed by atoms with van der Waals surface area (Å²) in [6, 6.07) is 4.63. The van der Waals surface area contributed by atoms with E-state index in [9.17, 15) is 9.18 Å². The maximum atomic E-state index is 13.2. The number of nitrogens with one attached hydrogen (secondary N) is 1. The van der Waals surface area contributed by atoms with Crippen LogP contribution < -0.4 is 10.5 Å². The monoisotopic (exact) mass is 220 g/mol. The fourth-order valence-corrected chi connectivity index (χ4v) is 2.17. The molecular formula is C11H11FNOSi. The first-order valence-corrected chi connectivity index (χ1v) is 5.33. The molecular weight excluding hydrogens is 209 g/mol. The molecule has 0 atom stereocenters. The molecule has 1 aromatic carbocycles. The molecule has 1 N–H and O–H groups in total. The van der Waals surface area contributed by atoms with Crippen molar-refractivity contribution in [2.45, 2.75) is 18.3 Å². The molecule has 0 spiro atoms. The smallest absolute Gasteiger partial charge is 0.230 e. The van der Waals surface area contributed by atoms with Crippen molar-refractivity contribution in [1.82, 2.24) is 5.32 Å². The zero-order chi connectivity index (χ0) is 11.1. The Labute approximate surface area is 91.3 Å². The molecule has 0 unspecified atom stereocenters. The molecule has 1 fully saturated rings. The largest absolute Gasteiger partial charge is 0.358 e. The Kier molecular flexibility index (Phi) is 2.38. The summed E-state index contributed by atoms with van der Waals surface area (Å²) in [6.07, 6.45) is 1.59. The van der Waals surface area contributed by atoms with Crippen molar-refractivity contribution in [1.29, 1.82) is 0 Å². The van der Waals surface area contributed by atoms with E-state index >= 15 is 0 Å². The summed E-state index contributed by atoms with van der Waals surface area (Å²) >= 11 is 0. The Bertz CT molecular complexity index is 395. The van der Waals surface area contributed by atoms with Crippen LogP contribution in [0.2, 0.25) is 0 Å². The zero-order valence-corrected chi connectivity index (χ0v) is 9.43. The predicted octanol–water partition coefficient (Wildman–Crippen LogP) is 0.397. The van der Waals surface area contributed by atoms with Crippen molar-refractivity contribution in [2.24, 2.45) is 0 Å². The van der Waals surface area contributed by atoms with Crippen LogP contribution >= 0.6 is 0 Å². The lowest BCUT2D eigenvalue weighted by atomic mass is 9.95. The second-order valence-electron chi connectivity index (χ2n) is 3.89. The summed E-state index contributed by atoms with van der Waals surface area (Å²) < 4.78 is 13.2. The van der Waals surface area contributed by atoms with Gasteiger partial charge in [0.1, 0.15) is 5.82 Å². The highest BCUT2D eigenvalue weighted by Crippen LogP contribution is 2.48. The van der Waals surface area contributed by atoms with E-state index in [4.69, 9.17) is 0 Å². The molecule has 1 saturated carbocycles. The number of amides is 1. The Morgan fingerprint density at radius 2 is 2.13 bits per heavy atom. The van der Waals surface area contributed by atoms with E-state index in [0.29, 0.717) is 5.19 Å². The third-order valence-electron chi connectivity index (χ3n) is 2.86. The van der Waals surface area contributed by atoms with E-state index in [1.807, 2.05) is 6.07 Å². The molecule has 2 nitrogen and oxygen atoms in total. The van der Waals surface area contributed by atoms with E-state index in [-0.39, 0.29) is 11.7 Å². The molecule has 0 bridgehead atoms. The predicted molar refractivity (Wildman–Crippen MR) is 56.8 cm³/mol. The summed E-state index contributed by atoms with van der Waals surface area (Å²) in [4.78, 5) is 11.7. The van der Waals surface area contributed by atoms with Crippen LogP contribution in [0.3, 0.4) is 0 Å². The lowest BCUT2D eigenvalue weighted by molar-refractivity contribution is -0.123. The van der Waals surface area contributed by atoms with E-state index in [0.717, 1.165) is 18.4 Å². The molecule has 15 heavy (non-hydrogen) atoms. The number of halogens is 1. The summed E-state index contributed by atoms with van der Waals surface area (Å²) in [7, 11) is 4.89. The molecule has 1 aliphatic carbocycles. The Morgan fingerprint density at radius 3 is 2.60 bits per heavy atom. The number of likely N-dealkylation sites (N-methyl/N-ethyl adjacent to an activating group) is 1. The van der Waals surface area contributed by atoms with Gasteiger partial charge in [-0.2, -0.15) is 0 Å². The van der Waals surface area contributed by atoms with Gasteiger partial charge in [0.05, 0.1) is 15.7 Å². The second-order valence-corrected chi connectivity index (χ2v) is 4.47. The van der Waals surface area contributed by atoms with Crippen molar-refractivity contribution < 1.29 is 9.18 Å². The third kappa shape index (κ3) is 1.69. The lowest BCUT2D eigenvalue weighted by Crippen LogP contribution is -2.32. The van der Waals surface area contributed by atoms with Crippen molar-refractivity contribution in [3.63, 3.8) is 0 Å². The van der Waals surface area contributed by atoms with Gasteiger partial charge in [0.15, 0.2) is 0 Å². The molecule has 4 heteroatoms. The van der Waals surface area contributed by atoms with Crippen LogP contribution in [-0.4, -0.2) is 23.2 Å². The maximum absolute atomic E-state index is 13.2. The summed E-state index contributed by atoms with van der Waals surface area (Å²) in [5.74, 6) is -0.341. The normalized spacial score (nSPS) is 17.3. The Morgan fingerprint density at radius 1 is 1.47 bits per heavy atom. The molecule has 0 saturated heterocycles. The van der Waals surface area contributed by atoms with Gasteiger partial charge in [-0.05, 0) is 30.5 Å². The molecule has 1 aromatic rings. The maximum Gasteiger partial charge on any atom is 0.230 e. The lowest BCUT2D eigenvalue weighted by Gasteiger charge is -2.14. The van der Waals surface area contributed by atoms with Gasteiger partial charge in [-0.3, -0.25) is 4.79 Å². The number of hydrogen-bond donors (Lipinski definition) is 1. The van der Waals surface area contributed by atoms with Crippen LogP contribution in [0, 0.1) is 5.82 Å². The van der Waals surface area contributed by atoms with E-state index in [1.165, 1.54) is 12.1 Å². The molecule has 0 heterocycles. The molecule has 1 aliphatic rings. The van der Waals surface area contributed by atoms with Crippen molar-refractivity contribution in [2.75, 3.05) is 7.05 Å². The van der Waals surface area contributed by atoms with Crippen LogP contribution in [-0.2, 0) is 10.2 Å². The van der Waals surface area contributed by atoms with E-state index < -0.39 is 5.41 Å². The molecule has 1 amide bonds. The second kappa shape index (κ2) is 3.45. The third-order valence-corrected chi connectivity index (χ3v) is 3.15. The van der Waals surface area contributed by atoms with E-state index in [2.05, 4.69) is 15.6 Å². The number of carbonyl (C=O) groups excluding carboxylic acids is 1. The average molecular weight is 220 g/mol. The Hall–Kier alpha value is -1.16. The first kappa shape index (κ1) is 10.4. The summed E-state index contributed by atoms with van der Waals surface area (Å²) in [5.41, 5.74) is 0.268. The van der Waals surface area contributed by atoms with Crippen LogP contribution in [0.1, 0.15) is 18.4 Å². The van der Waals surface area contributed by atoms with Crippen molar-refractivity contribution >= 4 is 21.3 Å². The van der Waals surface area contributed by atoms with Gasteiger partial charge in [-0.1, -0.05) is 11.3 Å². The fraction of sp³-hybridized carbons (Fsp3) is 0.364. The first-order chi connectivity index (χ1) is 7.08. The van der Waals surface area contributed by atoms with Gasteiger partial charge in [0.2, 0.25) is 5.91 Å².